The van der Waals surface area contributed by atoms with E-state index < -0.39 is 52.4 Å². The Morgan fingerprint density at radius 3 is 2.54 bits per heavy atom. The molecule has 0 saturated carbocycles. The SMILES string of the molecule is CC(C)COc1cc(F)cc(-c2ccc(C(=O)NS(=O)(=O)N3CC(N)CC(F)(F)C3)c(N3C[C@@H](C)CC3(C)C)n2)c1.[HH]. The Morgan fingerprint density at radius 1 is 1.22 bits per heavy atom. The van der Waals surface area contributed by atoms with Crippen LogP contribution in [0.5, 0.6) is 5.75 Å². The van der Waals surface area contributed by atoms with E-state index in [0.717, 1.165) is 6.42 Å². The largest absolute Gasteiger partial charge is 0.493 e. The van der Waals surface area contributed by atoms with E-state index >= 15 is 0 Å². The summed E-state index contributed by atoms with van der Waals surface area (Å²) in [4.78, 5) is 20.1. The number of pyridine rings is 1. The van der Waals surface area contributed by atoms with Gasteiger partial charge in [-0.25, -0.2) is 22.9 Å². The third-order valence-electron chi connectivity index (χ3n) is 7.17. The highest BCUT2D eigenvalue weighted by molar-refractivity contribution is 7.87. The number of ether oxygens (including phenoxy) is 1. The number of aromatic nitrogens is 1. The molecule has 3 heterocycles. The highest BCUT2D eigenvalue weighted by Crippen LogP contribution is 2.39. The molecule has 13 heteroatoms. The highest BCUT2D eigenvalue weighted by atomic mass is 32.2. The van der Waals surface area contributed by atoms with Crippen molar-refractivity contribution >= 4 is 21.9 Å². The van der Waals surface area contributed by atoms with Crippen LogP contribution in [0.25, 0.3) is 11.3 Å². The first-order valence-corrected chi connectivity index (χ1v) is 15.1. The number of hydrogen-bond donors (Lipinski definition) is 2. The fourth-order valence-corrected chi connectivity index (χ4v) is 6.74. The number of nitrogens with one attached hydrogen (secondary N) is 1. The molecule has 2 aliphatic rings. The van der Waals surface area contributed by atoms with Crippen LogP contribution in [0.3, 0.4) is 0 Å². The zero-order valence-electron chi connectivity index (χ0n) is 24.0. The second kappa shape index (κ2) is 11.4. The molecule has 41 heavy (non-hydrogen) atoms. The van der Waals surface area contributed by atoms with Crippen LogP contribution >= 0.6 is 0 Å². The Labute approximate surface area is 240 Å². The lowest BCUT2D eigenvalue weighted by atomic mass is 9.97. The monoisotopic (exact) mass is 599 g/mol. The molecule has 1 amide bonds. The van der Waals surface area contributed by atoms with Gasteiger partial charge in [0.05, 0.1) is 24.4 Å². The quantitative estimate of drug-likeness (QED) is 0.461. The van der Waals surface area contributed by atoms with Crippen molar-refractivity contribution in [3.63, 3.8) is 0 Å². The Balaban J connectivity index is 0.00000484. The Kier molecular flexibility index (Phi) is 8.64. The van der Waals surface area contributed by atoms with Crippen molar-refractivity contribution in [1.29, 1.82) is 0 Å². The molecule has 2 saturated heterocycles. The fourth-order valence-electron chi connectivity index (χ4n) is 5.53. The number of alkyl halides is 2. The number of carbonyl (C=O) groups is 1. The number of nitrogens with zero attached hydrogens (tertiary/aromatic N) is 3. The smallest absolute Gasteiger partial charge is 0.304 e. The van der Waals surface area contributed by atoms with Crippen LogP contribution in [0.1, 0.15) is 59.2 Å². The maximum Gasteiger partial charge on any atom is 0.304 e. The fraction of sp³-hybridized carbons (Fsp3) is 0.571. The standard InChI is InChI=1S/C28H38F3N5O4S.H2/c1-17(2)15-40-22-9-19(8-20(29)10-22)24-7-6-23(25(33-24)36-13-18(3)11-27(36,4)5)26(37)34-41(38,39)35-14-21(32)12-28(30,31)16-35;/h6-10,17-18,21H,11-16,32H2,1-5H3,(H,34,37);1H/t18-,21?;/m0./s1. The van der Waals surface area contributed by atoms with Crippen molar-refractivity contribution in [1.82, 2.24) is 14.0 Å². The summed E-state index contributed by atoms with van der Waals surface area (Å²) in [5.41, 5.74) is 5.94. The summed E-state index contributed by atoms with van der Waals surface area (Å²) < 4.78 is 76.9. The summed E-state index contributed by atoms with van der Waals surface area (Å²) in [6.07, 6.45) is 0.140. The number of rotatable bonds is 8. The zero-order valence-corrected chi connectivity index (χ0v) is 24.8. The van der Waals surface area contributed by atoms with E-state index in [0.29, 0.717) is 34.5 Å². The van der Waals surface area contributed by atoms with Crippen LogP contribution in [-0.2, 0) is 10.2 Å². The van der Waals surface area contributed by atoms with Crippen molar-refractivity contribution in [2.75, 3.05) is 31.1 Å². The number of nitrogens with two attached hydrogens (primary N) is 1. The first kappa shape index (κ1) is 31.0. The van der Waals surface area contributed by atoms with Crippen LogP contribution < -0.4 is 20.1 Å². The van der Waals surface area contributed by atoms with Gasteiger partial charge in [-0.1, -0.05) is 20.8 Å². The van der Waals surface area contributed by atoms with Crippen molar-refractivity contribution in [3.8, 4) is 17.0 Å². The molecular formula is C28H40F3N5O4S. The summed E-state index contributed by atoms with van der Waals surface area (Å²) in [5, 5.41) is 0. The lowest BCUT2D eigenvalue weighted by Crippen LogP contribution is -2.57. The molecular weight excluding hydrogens is 559 g/mol. The maximum absolute atomic E-state index is 14.5. The zero-order chi connectivity index (χ0) is 30.3. The summed E-state index contributed by atoms with van der Waals surface area (Å²) in [6.45, 7) is 9.48. The van der Waals surface area contributed by atoms with Crippen LogP contribution in [0.2, 0.25) is 0 Å². The highest BCUT2D eigenvalue weighted by Gasteiger charge is 2.44. The van der Waals surface area contributed by atoms with Crippen molar-refractivity contribution in [2.45, 2.75) is 65.0 Å². The Bertz CT molecular complexity index is 1410. The molecule has 228 valence electrons. The van der Waals surface area contributed by atoms with Gasteiger partial charge in [0.25, 0.3) is 11.8 Å². The summed E-state index contributed by atoms with van der Waals surface area (Å²) in [7, 11) is -4.64. The first-order valence-electron chi connectivity index (χ1n) is 13.6. The van der Waals surface area contributed by atoms with Gasteiger partial charge in [0.2, 0.25) is 0 Å². The topological polar surface area (TPSA) is 118 Å². The molecule has 2 aliphatic heterocycles. The van der Waals surface area contributed by atoms with Gasteiger partial charge in [0, 0.05) is 44.1 Å². The number of halogens is 3. The van der Waals surface area contributed by atoms with E-state index in [1.54, 1.807) is 6.07 Å². The second-order valence-electron chi connectivity index (χ2n) is 12.2. The molecule has 0 bridgehead atoms. The van der Waals surface area contributed by atoms with Gasteiger partial charge in [-0.05, 0) is 56.4 Å². The molecule has 1 unspecified atom stereocenters. The number of benzene rings is 1. The van der Waals surface area contributed by atoms with Gasteiger partial charge in [-0.3, -0.25) is 4.79 Å². The van der Waals surface area contributed by atoms with Crippen molar-refractivity contribution in [3.05, 3.63) is 41.7 Å². The van der Waals surface area contributed by atoms with Gasteiger partial charge < -0.3 is 15.4 Å². The summed E-state index contributed by atoms with van der Waals surface area (Å²) >= 11 is 0. The van der Waals surface area contributed by atoms with Crippen molar-refractivity contribution in [2.24, 2.45) is 17.6 Å². The van der Waals surface area contributed by atoms with Crippen LogP contribution in [0, 0.1) is 17.7 Å². The Morgan fingerprint density at radius 2 is 1.93 bits per heavy atom. The normalized spacial score (nSPS) is 22.6. The number of amides is 1. The van der Waals surface area contributed by atoms with Crippen LogP contribution in [0.4, 0.5) is 19.0 Å². The van der Waals surface area contributed by atoms with Gasteiger partial charge >= 0.3 is 10.2 Å². The third kappa shape index (κ3) is 7.31. The average molecular weight is 600 g/mol. The predicted octanol–water partition coefficient (Wildman–Crippen LogP) is 4.44. The van der Waals surface area contributed by atoms with Crippen molar-refractivity contribution < 1.29 is 32.5 Å². The molecule has 1 aromatic heterocycles. The number of carbonyl (C=O) groups excluding carboxylic acids is 1. The number of hydrogen-bond acceptors (Lipinski definition) is 7. The molecule has 2 atom stereocenters. The van der Waals surface area contributed by atoms with E-state index in [1.807, 2.05) is 37.3 Å². The summed E-state index contributed by atoms with van der Waals surface area (Å²) in [5.74, 6) is -3.84. The summed E-state index contributed by atoms with van der Waals surface area (Å²) in [6, 6.07) is 6.06. The minimum absolute atomic E-state index is 0. The lowest BCUT2D eigenvalue weighted by molar-refractivity contribution is -0.0499. The molecule has 2 aromatic rings. The molecule has 9 nitrogen and oxygen atoms in total. The molecule has 1 aromatic carbocycles. The molecule has 3 N–H and O–H groups in total. The number of piperidine rings is 1. The third-order valence-corrected chi connectivity index (χ3v) is 8.57. The van der Waals surface area contributed by atoms with E-state index in [4.69, 9.17) is 15.5 Å². The van der Waals surface area contributed by atoms with Gasteiger partial charge in [0.15, 0.2) is 0 Å². The minimum Gasteiger partial charge on any atom is -0.493 e. The van der Waals surface area contributed by atoms with Crippen LogP contribution in [-0.4, -0.2) is 67.4 Å². The molecule has 0 aliphatic carbocycles. The maximum atomic E-state index is 14.5. The second-order valence-corrected chi connectivity index (χ2v) is 13.9. The molecule has 4 rings (SSSR count). The van der Waals surface area contributed by atoms with Crippen LogP contribution in [0.15, 0.2) is 30.3 Å². The lowest BCUT2D eigenvalue weighted by Gasteiger charge is -2.35. The van der Waals surface area contributed by atoms with E-state index in [9.17, 15) is 26.4 Å². The number of anilines is 1. The average Bonchev–Trinajstić information content (AvgIpc) is 3.12. The molecule has 0 radical (unpaired) electrons. The van der Waals surface area contributed by atoms with Gasteiger partial charge in [-0.15, -0.1) is 0 Å². The van der Waals surface area contributed by atoms with E-state index in [2.05, 4.69) is 6.92 Å². The Hall–Kier alpha value is -2.90. The van der Waals surface area contributed by atoms with Gasteiger partial charge in [-0.2, -0.15) is 12.7 Å². The van der Waals surface area contributed by atoms with E-state index in [1.165, 1.54) is 24.3 Å². The molecule has 2 fully saturated rings. The molecule has 0 spiro atoms. The predicted molar refractivity (Wildman–Crippen MR) is 153 cm³/mol. The van der Waals surface area contributed by atoms with E-state index in [-0.39, 0.29) is 31.2 Å². The minimum atomic E-state index is -4.64. The first-order chi connectivity index (χ1) is 19.0. The van der Waals surface area contributed by atoms with Gasteiger partial charge in [0.1, 0.15) is 17.4 Å².